The van der Waals surface area contributed by atoms with Crippen LogP contribution in [-0.4, -0.2) is 39.9 Å². The van der Waals surface area contributed by atoms with Crippen LogP contribution in [0.4, 0.5) is 4.39 Å². The highest BCUT2D eigenvalue weighted by atomic mass is 19.1. The van der Waals surface area contributed by atoms with E-state index in [9.17, 15) is 19.1 Å². The van der Waals surface area contributed by atoms with Gasteiger partial charge in [0.15, 0.2) is 11.6 Å². The zero-order chi connectivity index (χ0) is 29.2. The molecule has 2 N–H and O–H groups in total. The predicted molar refractivity (Wildman–Crippen MR) is 157 cm³/mol. The Kier molecular flexibility index (Phi) is 10.2. The van der Waals surface area contributed by atoms with Crippen LogP contribution in [0, 0.1) is 12.7 Å². The number of ether oxygens (including phenoxy) is 2. The third kappa shape index (κ3) is 7.97. The molecule has 3 aromatic carbocycles. The average Bonchev–Trinajstić information content (AvgIpc) is 3.21. The second-order valence-electron chi connectivity index (χ2n) is 9.77. The van der Waals surface area contributed by atoms with Gasteiger partial charge in [0.2, 0.25) is 0 Å². The first-order valence-corrected chi connectivity index (χ1v) is 13.7. The SMILES string of the molecule is Cc1c(CCCC(=O)O)c2cccc(/C=C/c3ccc(OCCCCOc4ccccc4F)cc3)c2n1CC(=O)O. The fourth-order valence-electron chi connectivity index (χ4n) is 4.83. The molecule has 0 fully saturated rings. The van der Waals surface area contributed by atoms with Gasteiger partial charge in [0.05, 0.1) is 18.7 Å². The highest BCUT2D eigenvalue weighted by Crippen LogP contribution is 2.31. The van der Waals surface area contributed by atoms with Gasteiger partial charge in [-0.2, -0.15) is 0 Å². The first kappa shape index (κ1) is 29.4. The molecule has 214 valence electrons. The average molecular weight is 560 g/mol. The minimum Gasteiger partial charge on any atom is -0.494 e. The molecule has 0 amide bonds. The Labute approximate surface area is 238 Å². The first-order valence-electron chi connectivity index (χ1n) is 13.7. The van der Waals surface area contributed by atoms with Crippen molar-refractivity contribution in [2.75, 3.05) is 13.2 Å². The Morgan fingerprint density at radius 1 is 0.854 bits per heavy atom. The van der Waals surface area contributed by atoms with Gasteiger partial charge < -0.3 is 24.3 Å². The van der Waals surface area contributed by atoms with Crippen molar-refractivity contribution >= 4 is 35.0 Å². The molecule has 0 aliphatic rings. The Morgan fingerprint density at radius 2 is 1.59 bits per heavy atom. The number of nitrogens with zero attached hydrogens (tertiary/aromatic N) is 1. The molecular formula is C33H34FNO6. The van der Waals surface area contributed by atoms with Crippen LogP contribution >= 0.6 is 0 Å². The summed E-state index contributed by atoms with van der Waals surface area (Å²) in [6.07, 6.45) is 6.56. The number of fused-ring (bicyclic) bond motifs is 1. The van der Waals surface area contributed by atoms with E-state index < -0.39 is 11.9 Å². The van der Waals surface area contributed by atoms with Crippen LogP contribution in [0.3, 0.4) is 0 Å². The first-order chi connectivity index (χ1) is 19.8. The minimum absolute atomic E-state index is 0.0637. The fourth-order valence-corrected chi connectivity index (χ4v) is 4.83. The molecule has 41 heavy (non-hydrogen) atoms. The molecule has 0 aliphatic carbocycles. The number of carbonyl (C=O) groups is 2. The van der Waals surface area contributed by atoms with Gasteiger partial charge in [-0.3, -0.25) is 9.59 Å². The van der Waals surface area contributed by atoms with Gasteiger partial charge in [0.25, 0.3) is 0 Å². The van der Waals surface area contributed by atoms with Crippen LogP contribution < -0.4 is 9.47 Å². The minimum atomic E-state index is -0.936. The molecule has 4 rings (SSSR count). The Morgan fingerprint density at radius 3 is 2.29 bits per heavy atom. The summed E-state index contributed by atoms with van der Waals surface area (Å²) < 4.78 is 26.7. The maximum atomic E-state index is 13.6. The smallest absolute Gasteiger partial charge is 0.323 e. The van der Waals surface area contributed by atoms with E-state index in [4.69, 9.17) is 14.6 Å². The maximum Gasteiger partial charge on any atom is 0.323 e. The second-order valence-corrected chi connectivity index (χ2v) is 9.77. The number of carboxylic acid groups (broad SMARTS) is 2. The number of unbranched alkanes of at least 4 members (excludes halogenated alkanes) is 1. The summed E-state index contributed by atoms with van der Waals surface area (Å²) in [4.78, 5) is 22.7. The van der Waals surface area contributed by atoms with Crippen molar-refractivity contribution < 1.29 is 33.7 Å². The molecule has 0 unspecified atom stereocenters. The summed E-state index contributed by atoms with van der Waals surface area (Å²) in [5.41, 5.74) is 4.50. The van der Waals surface area contributed by atoms with Gasteiger partial charge in [0, 0.05) is 17.5 Å². The highest BCUT2D eigenvalue weighted by Gasteiger charge is 2.18. The van der Waals surface area contributed by atoms with Crippen molar-refractivity contribution in [2.24, 2.45) is 0 Å². The van der Waals surface area contributed by atoms with Crippen LogP contribution in [0.2, 0.25) is 0 Å². The van der Waals surface area contributed by atoms with Crippen molar-refractivity contribution in [1.29, 1.82) is 0 Å². The number of aromatic nitrogens is 1. The van der Waals surface area contributed by atoms with E-state index in [2.05, 4.69) is 0 Å². The summed E-state index contributed by atoms with van der Waals surface area (Å²) in [6.45, 7) is 2.65. The quantitative estimate of drug-likeness (QED) is 0.120. The monoisotopic (exact) mass is 559 g/mol. The molecule has 0 atom stereocenters. The summed E-state index contributed by atoms with van der Waals surface area (Å²) in [6, 6.07) is 19.9. The van der Waals surface area contributed by atoms with Crippen molar-refractivity contribution in [3.05, 3.63) is 94.9 Å². The molecule has 0 saturated heterocycles. The van der Waals surface area contributed by atoms with Crippen molar-refractivity contribution in [1.82, 2.24) is 4.57 Å². The maximum absolute atomic E-state index is 13.6. The third-order valence-corrected chi connectivity index (χ3v) is 6.85. The van der Waals surface area contributed by atoms with E-state index in [1.807, 2.05) is 61.5 Å². The lowest BCUT2D eigenvalue weighted by Crippen LogP contribution is -2.10. The van der Waals surface area contributed by atoms with Crippen molar-refractivity contribution in [3.63, 3.8) is 0 Å². The Bertz CT molecular complexity index is 1520. The van der Waals surface area contributed by atoms with Crippen molar-refractivity contribution in [3.8, 4) is 11.5 Å². The Balaban J connectivity index is 1.38. The topological polar surface area (TPSA) is 98.0 Å². The van der Waals surface area contributed by atoms with Gasteiger partial charge in [-0.1, -0.05) is 54.6 Å². The summed E-state index contributed by atoms with van der Waals surface area (Å²) >= 11 is 0. The van der Waals surface area contributed by atoms with Gasteiger partial charge in [-0.25, -0.2) is 4.39 Å². The third-order valence-electron chi connectivity index (χ3n) is 6.85. The van der Waals surface area contributed by atoms with Crippen LogP contribution in [-0.2, 0) is 22.6 Å². The van der Waals surface area contributed by atoms with Crippen LogP contribution in [0.25, 0.3) is 23.1 Å². The summed E-state index contributed by atoms with van der Waals surface area (Å²) in [5.74, 6) is -1.14. The largest absolute Gasteiger partial charge is 0.494 e. The van der Waals surface area contributed by atoms with E-state index in [0.717, 1.165) is 51.9 Å². The predicted octanol–water partition coefficient (Wildman–Crippen LogP) is 6.99. The van der Waals surface area contributed by atoms with Crippen molar-refractivity contribution in [2.45, 2.75) is 45.6 Å². The molecule has 0 aliphatic heterocycles. The van der Waals surface area contributed by atoms with E-state index in [0.29, 0.717) is 26.1 Å². The standard InChI is InChI=1S/C33H34FNO6/c1-23-27(9-7-13-31(36)37)28-10-6-8-25(33(28)35(23)22-32(38)39)17-14-24-15-18-26(19-16-24)40-20-4-5-21-41-30-12-3-2-11-29(30)34/h2-3,6,8,10-12,14-19H,4-5,7,9,13,20-22H2,1H3,(H,36,37)(H,38,39)/b17-14+. The number of carboxylic acids is 2. The molecule has 0 spiro atoms. The molecule has 1 aromatic heterocycles. The lowest BCUT2D eigenvalue weighted by molar-refractivity contribution is -0.138. The molecule has 0 saturated carbocycles. The van der Waals surface area contributed by atoms with Gasteiger partial charge in [-0.15, -0.1) is 0 Å². The molecule has 8 heteroatoms. The summed E-state index contributed by atoms with van der Waals surface area (Å²) in [7, 11) is 0. The number of halogens is 1. The molecule has 7 nitrogen and oxygen atoms in total. The molecule has 0 radical (unpaired) electrons. The zero-order valence-electron chi connectivity index (χ0n) is 23.0. The number of rotatable bonds is 15. The second kappa shape index (κ2) is 14.2. The normalized spacial score (nSPS) is 11.3. The number of hydrogen-bond acceptors (Lipinski definition) is 4. The number of aryl methyl sites for hydroxylation is 1. The zero-order valence-corrected chi connectivity index (χ0v) is 23.0. The van der Waals surface area contributed by atoms with E-state index in [-0.39, 0.29) is 24.5 Å². The van der Waals surface area contributed by atoms with Crippen LogP contribution in [0.1, 0.15) is 48.1 Å². The lowest BCUT2D eigenvalue weighted by atomic mass is 10.0. The molecule has 0 bridgehead atoms. The van der Waals surface area contributed by atoms with Crippen LogP contribution in [0.15, 0.2) is 66.7 Å². The Hall–Kier alpha value is -4.59. The number of para-hydroxylation sites is 2. The molecular weight excluding hydrogens is 525 g/mol. The van der Waals surface area contributed by atoms with Crippen LogP contribution in [0.5, 0.6) is 11.5 Å². The van der Waals surface area contributed by atoms with E-state index >= 15 is 0 Å². The van der Waals surface area contributed by atoms with Gasteiger partial charge >= 0.3 is 11.9 Å². The van der Waals surface area contributed by atoms with Gasteiger partial charge in [0.1, 0.15) is 12.3 Å². The molecule has 1 heterocycles. The highest BCUT2D eigenvalue weighted by molar-refractivity contribution is 5.95. The fraction of sp³-hybridized carbons (Fsp3) is 0.273. The van der Waals surface area contributed by atoms with E-state index in [1.165, 1.54) is 6.07 Å². The van der Waals surface area contributed by atoms with Gasteiger partial charge in [-0.05, 0) is 73.6 Å². The lowest BCUT2D eigenvalue weighted by Gasteiger charge is -2.09. The summed E-state index contributed by atoms with van der Waals surface area (Å²) in [5, 5.41) is 19.5. The number of benzene rings is 3. The number of hydrogen-bond donors (Lipinski definition) is 2. The number of aliphatic carboxylic acids is 2. The van der Waals surface area contributed by atoms with E-state index in [1.54, 1.807) is 22.8 Å². The molecule has 4 aromatic rings.